The van der Waals surface area contributed by atoms with Gasteiger partial charge in [0.05, 0.1) is 11.8 Å². The number of carbonyl (C=O) groups excluding carboxylic acids is 2. The molecule has 5 N–H and O–H groups in total. The van der Waals surface area contributed by atoms with Crippen molar-refractivity contribution >= 4 is 58.2 Å². The number of nitrogens with zero attached hydrogens (tertiary/aromatic N) is 3. The Hall–Kier alpha value is -1.17. The number of fused-ring (bicyclic) bond motifs is 1. The smallest absolute Gasteiger partial charge is 1.00 e. The SMILES string of the molecule is Nc1nc([C@@H]2C(=O)N3C(C(=O)O)=C(C4CCCO4)C(NC(=O)/C=N\OCC(=O)O)S[C@H]23)cs1.[H-].[H-].[Na+].[Na+]. The zero-order valence-electron chi connectivity index (χ0n) is 20.9. The Morgan fingerprint density at radius 3 is 2.71 bits per heavy atom. The van der Waals surface area contributed by atoms with Crippen LogP contribution in [0, 0.1) is 0 Å². The van der Waals surface area contributed by atoms with Crippen LogP contribution in [0.5, 0.6) is 0 Å². The van der Waals surface area contributed by atoms with Crippen molar-refractivity contribution in [3.8, 4) is 0 Å². The topological polar surface area (TPSA) is 194 Å². The third-order valence-corrected chi connectivity index (χ3v) is 7.26. The van der Waals surface area contributed by atoms with E-state index in [0.29, 0.717) is 25.1 Å². The van der Waals surface area contributed by atoms with Crippen LogP contribution in [0.2, 0.25) is 0 Å². The molecule has 17 heteroatoms. The fourth-order valence-electron chi connectivity index (χ4n) is 3.86. The molecule has 0 aromatic carbocycles. The van der Waals surface area contributed by atoms with Crippen LogP contribution in [-0.2, 0) is 28.8 Å². The molecule has 3 aliphatic heterocycles. The van der Waals surface area contributed by atoms with E-state index in [1.165, 1.54) is 28.0 Å². The van der Waals surface area contributed by atoms with Gasteiger partial charge in [0.25, 0.3) is 5.91 Å². The molecule has 3 aliphatic rings. The van der Waals surface area contributed by atoms with Crippen LogP contribution in [0.3, 0.4) is 0 Å². The Morgan fingerprint density at radius 2 is 2.14 bits per heavy atom. The summed E-state index contributed by atoms with van der Waals surface area (Å²) in [5.41, 5.74) is 6.19. The molecular weight excluding hydrogens is 524 g/mol. The number of hydrogen-bond donors (Lipinski definition) is 4. The van der Waals surface area contributed by atoms with Gasteiger partial charge in [-0.25, -0.2) is 14.6 Å². The number of amides is 2. The van der Waals surface area contributed by atoms with E-state index in [9.17, 15) is 24.3 Å². The number of rotatable bonds is 8. The van der Waals surface area contributed by atoms with Gasteiger partial charge in [-0.2, -0.15) is 0 Å². The predicted molar refractivity (Wildman–Crippen MR) is 117 cm³/mol. The normalized spacial score (nSPS) is 25.3. The van der Waals surface area contributed by atoms with E-state index in [1.807, 2.05) is 0 Å². The van der Waals surface area contributed by atoms with Gasteiger partial charge in [0, 0.05) is 17.6 Å². The minimum atomic E-state index is -1.31. The fraction of sp³-hybridized carbons (Fsp3) is 0.444. The number of hydrogen-bond acceptors (Lipinski definition) is 11. The van der Waals surface area contributed by atoms with Crippen molar-refractivity contribution in [3.05, 3.63) is 22.3 Å². The Kier molecular flexibility index (Phi) is 11.1. The first-order chi connectivity index (χ1) is 15.8. The van der Waals surface area contributed by atoms with E-state index >= 15 is 0 Å². The maximum absolute atomic E-state index is 13.0. The van der Waals surface area contributed by atoms with Gasteiger partial charge >= 0.3 is 71.1 Å². The average Bonchev–Trinajstić information content (AvgIpc) is 3.42. The number of nitrogens with two attached hydrogens (primary N) is 1. The summed E-state index contributed by atoms with van der Waals surface area (Å²) in [6.07, 6.45) is 1.41. The molecule has 1 aromatic rings. The number of β-lactam (4-membered cyclic amide) rings is 1. The van der Waals surface area contributed by atoms with E-state index in [4.69, 9.17) is 15.6 Å². The fourth-order valence-corrected chi connectivity index (χ4v) is 6.08. The molecule has 0 spiro atoms. The van der Waals surface area contributed by atoms with Gasteiger partial charge in [0.2, 0.25) is 12.5 Å². The first-order valence-electron chi connectivity index (χ1n) is 9.74. The van der Waals surface area contributed by atoms with Gasteiger partial charge in [0.15, 0.2) is 5.13 Å². The van der Waals surface area contributed by atoms with Gasteiger partial charge in [0.1, 0.15) is 28.6 Å². The van der Waals surface area contributed by atoms with E-state index in [0.717, 1.165) is 6.21 Å². The van der Waals surface area contributed by atoms with Crippen LogP contribution in [0.1, 0.15) is 27.3 Å². The minimum Gasteiger partial charge on any atom is -1.00 e. The molecule has 2 fully saturated rings. The summed E-state index contributed by atoms with van der Waals surface area (Å²) < 4.78 is 5.69. The third-order valence-electron chi connectivity index (χ3n) is 5.16. The molecule has 1 aromatic heterocycles. The number of carboxylic acids is 2. The molecule has 180 valence electrons. The number of thioether (sulfide) groups is 1. The van der Waals surface area contributed by atoms with Crippen LogP contribution in [0.25, 0.3) is 0 Å². The average molecular weight is 546 g/mol. The quantitative estimate of drug-likeness (QED) is 0.105. The second-order valence-electron chi connectivity index (χ2n) is 7.22. The first kappa shape index (κ1) is 30.1. The standard InChI is InChI=1S/C18H19N5O8S2.2Na.2H/c19-18-21-7(6-32-18)11-15(27)23-13(17(28)29)12(8-2-1-3-30-8)14(33-16(11)23)22-9(24)4-20-31-5-10(25)26;;;;/h4,6,8,11,14,16H,1-3,5H2,(H2,19,21)(H,22,24)(H,25,26)(H,28,29);;;;/q;2*+1;2*-1/b20-4-;;;;/t8?,11-,14?,16-;;;;/m1..../s1. The molecule has 35 heavy (non-hydrogen) atoms. The van der Waals surface area contributed by atoms with Crippen molar-refractivity contribution in [3.63, 3.8) is 0 Å². The Balaban J connectivity index is 0.00000324. The maximum atomic E-state index is 13.0. The summed E-state index contributed by atoms with van der Waals surface area (Å²) in [6, 6.07) is 0. The summed E-state index contributed by atoms with van der Waals surface area (Å²) in [4.78, 5) is 57.9. The first-order valence-corrected chi connectivity index (χ1v) is 11.6. The van der Waals surface area contributed by atoms with Gasteiger partial charge in [-0.1, -0.05) is 5.16 Å². The number of nitrogens with one attached hydrogen (secondary N) is 1. The number of aliphatic carboxylic acids is 2. The molecule has 2 saturated heterocycles. The number of nitrogen functional groups attached to an aromatic ring is 1. The molecular formula is C18H21N5Na2O8S2. The number of ether oxygens (including phenoxy) is 1. The molecule has 0 aliphatic carbocycles. The van der Waals surface area contributed by atoms with Gasteiger partial charge < -0.3 is 33.7 Å². The largest absolute Gasteiger partial charge is 1.00 e. The molecule has 4 rings (SSSR count). The number of oxime groups is 1. The number of aromatic nitrogens is 1. The second kappa shape index (κ2) is 12.9. The summed E-state index contributed by atoms with van der Waals surface area (Å²) in [5, 5.41) is 25.0. The van der Waals surface area contributed by atoms with Gasteiger partial charge in [-0.3, -0.25) is 14.5 Å². The van der Waals surface area contributed by atoms with E-state index in [-0.39, 0.29) is 78.4 Å². The van der Waals surface area contributed by atoms with Crippen LogP contribution >= 0.6 is 23.1 Å². The van der Waals surface area contributed by atoms with Crippen molar-refractivity contribution < 1.29 is 101 Å². The summed E-state index contributed by atoms with van der Waals surface area (Å²) in [7, 11) is 0. The summed E-state index contributed by atoms with van der Waals surface area (Å²) in [6.45, 7) is -0.293. The van der Waals surface area contributed by atoms with Gasteiger partial charge in [-0.05, 0) is 12.8 Å². The number of thiazole rings is 1. The number of carbonyl (C=O) groups is 4. The summed E-state index contributed by atoms with van der Waals surface area (Å²) >= 11 is 2.36. The molecule has 0 bridgehead atoms. The Bertz CT molecular complexity index is 1070. The van der Waals surface area contributed by atoms with E-state index in [1.54, 1.807) is 5.38 Å². The molecule has 4 heterocycles. The minimum absolute atomic E-state index is 0. The molecule has 4 atom stereocenters. The van der Waals surface area contributed by atoms with Crippen molar-refractivity contribution in [2.24, 2.45) is 5.16 Å². The molecule has 2 amide bonds. The number of carboxylic acid groups (broad SMARTS) is 2. The maximum Gasteiger partial charge on any atom is 1.00 e. The van der Waals surface area contributed by atoms with Crippen LogP contribution in [0.15, 0.2) is 21.8 Å². The monoisotopic (exact) mass is 545 g/mol. The van der Waals surface area contributed by atoms with Crippen LogP contribution in [-0.4, -0.2) is 80.1 Å². The Labute approximate surface area is 254 Å². The predicted octanol–water partition coefficient (Wildman–Crippen LogP) is -6.00. The van der Waals surface area contributed by atoms with Crippen LogP contribution < -0.4 is 70.2 Å². The van der Waals surface area contributed by atoms with Crippen molar-refractivity contribution in [2.75, 3.05) is 18.9 Å². The van der Waals surface area contributed by atoms with Crippen molar-refractivity contribution in [1.29, 1.82) is 0 Å². The van der Waals surface area contributed by atoms with Crippen LogP contribution in [0.4, 0.5) is 5.13 Å². The third kappa shape index (κ3) is 6.40. The molecule has 0 saturated carbocycles. The molecule has 13 nitrogen and oxygen atoms in total. The summed E-state index contributed by atoms with van der Waals surface area (Å²) in [5.74, 6) is -4.43. The van der Waals surface area contributed by atoms with Crippen molar-refractivity contribution in [1.82, 2.24) is 15.2 Å². The van der Waals surface area contributed by atoms with Gasteiger partial charge in [-0.15, -0.1) is 23.1 Å². The van der Waals surface area contributed by atoms with E-state index in [2.05, 4.69) is 20.3 Å². The zero-order valence-corrected chi connectivity index (χ0v) is 24.5. The number of anilines is 1. The molecule has 0 radical (unpaired) electrons. The van der Waals surface area contributed by atoms with E-state index < -0.39 is 53.1 Å². The molecule has 2 unspecified atom stereocenters. The Morgan fingerprint density at radius 1 is 1.40 bits per heavy atom. The zero-order chi connectivity index (χ0) is 23.7. The van der Waals surface area contributed by atoms with Crippen molar-refractivity contribution in [2.45, 2.75) is 35.6 Å². The second-order valence-corrected chi connectivity index (χ2v) is 9.34.